The topological polar surface area (TPSA) is 188 Å². The molecule has 2 aromatic carbocycles. The number of benzene rings is 2. The number of aliphatic imine (C=N–C) groups is 1. The second-order valence-corrected chi connectivity index (χ2v) is 15.0. The highest BCUT2D eigenvalue weighted by atomic mass is 32.2. The summed E-state index contributed by atoms with van der Waals surface area (Å²) in [4.78, 5) is 19.6. The van der Waals surface area contributed by atoms with Crippen LogP contribution < -0.4 is 14.9 Å². The van der Waals surface area contributed by atoms with Crippen LogP contribution >= 0.6 is 0 Å². The van der Waals surface area contributed by atoms with Gasteiger partial charge in [-0.2, -0.15) is 18.2 Å². The van der Waals surface area contributed by atoms with Crippen molar-refractivity contribution in [3.63, 3.8) is 0 Å². The van der Waals surface area contributed by atoms with Crippen molar-refractivity contribution in [3.8, 4) is 0 Å². The molecule has 0 saturated heterocycles. The molecule has 1 aliphatic heterocycles. The van der Waals surface area contributed by atoms with Crippen LogP contribution in [0.3, 0.4) is 0 Å². The molecule has 1 amide bonds. The summed E-state index contributed by atoms with van der Waals surface area (Å²) in [5, 5.41) is 16.2. The van der Waals surface area contributed by atoms with Gasteiger partial charge in [-0.1, -0.05) is 26.8 Å². The molecular formula is C29H38N8O6S2. The van der Waals surface area contributed by atoms with E-state index in [0.717, 1.165) is 23.6 Å². The minimum absolute atomic E-state index is 0.0477. The van der Waals surface area contributed by atoms with Crippen molar-refractivity contribution >= 4 is 48.8 Å². The Bertz CT molecular complexity index is 1890. The largest absolute Gasteiger partial charge is 0.370 e. The van der Waals surface area contributed by atoms with Gasteiger partial charge in [-0.05, 0) is 62.7 Å². The normalized spacial score (nSPS) is 15.1. The van der Waals surface area contributed by atoms with E-state index < -0.39 is 37.5 Å². The molecule has 0 radical (unpaired) electrons. The van der Waals surface area contributed by atoms with Crippen molar-refractivity contribution in [1.82, 2.24) is 24.9 Å². The molecule has 16 heteroatoms. The van der Waals surface area contributed by atoms with Crippen LogP contribution in [0.4, 0.5) is 11.4 Å². The first kappa shape index (κ1) is 33.9. The third-order valence-electron chi connectivity index (χ3n) is 7.05. The maximum absolute atomic E-state index is 13.0. The zero-order valence-corrected chi connectivity index (χ0v) is 27.9. The Labute approximate surface area is 263 Å². The fourth-order valence-corrected chi connectivity index (χ4v) is 5.72. The van der Waals surface area contributed by atoms with Gasteiger partial charge in [0.05, 0.1) is 28.6 Å². The fourth-order valence-electron chi connectivity index (χ4n) is 4.73. The average Bonchev–Trinajstić information content (AvgIpc) is 3.51. The lowest BCUT2D eigenvalue weighted by molar-refractivity contribution is 0.0937. The Morgan fingerprint density at radius 3 is 2.42 bits per heavy atom. The van der Waals surface area contributed by atoms with Crippen molar-refractivity contribution in [2.75, 3.05) is 30.8 Å². The summed E-state index contributed by atoms with van der Waals surface area (Å²) >= 11 is 0. The number of sulfonamides is 1. The Morgan fingerprint density at radius 1 is 1.11 bits per heavy atom. The molecular weight excluding hydrogens is 621 g/mol. The fraction of sp³-hybridized carbons (Fsp3) is 0.414. The summed E-state index contributed by atoms with van der Waals surface area (Å²) < 4.78 is 59.4. The van der Waals surface area contributed by atoms with E-state index in [4.69, 9.17) is 10.1 Å². The molecule has 0 bridgehead atoms. The predicted molar refractivity (Wildman–Crippen MR) is 173 cm³/mol. The number of likely N-dealkylation sites (N-methyl/N-ethyl adjacent to an activating group) is 1. The number of hydrogen-bond acceptors (Lipinski definition) is 10. The van der Waals surface area contributed by atoms with Gasteiger partial charge < -0.3 is 10.2 Å². The maximum Gasteiger partial charge on any atom is 0.294 e. The average molecular weight is 659 g/mol. The van der Waals surface area contributed by atoms with Crippen LogP contribution in [0, 0.1) is 12.3 Å². The number of amides is 1. The molecule has 3 aromatic rings. The molecule has 0 aliphatic carbocycles. The van der Waals surface area contributed by atoms with E-state index in [1.807, 2.05) is 52.8 Å². The van der Waals surface area contributed by atoms with Gasteiger partial charge in [-0.25, -0.2) is 18.1 Å². The summed E-state index contributed by atoms with van der Waals surface area (Å²) in [5.74, 6) is 0.195. The van der Waals surface area contributed by atoms with E-state index in [1.54, 1.807) is 11.6 Å². The molecule has 1 atom stereocenters. The molecule has 14 nitrogen and oxygen atoms in total. The van der Waals surface area contributed by atoms with Crippen LogP contribution in [-0.4, -0.2) is 79.5 Å². The number of aromatic nitrogens is 3. The summed E-state index contributed by atoms with van der Waals surface area (Å²) in [6, 6.07) is 10.2. The van der Waals surface area contributed by atoms with Gasteiger partial charge in [-0.3, -0.25) is 9.35 Å². The first-order chi connectivity index (χ1) is 20.9. The van der Waals surface area contributed by atoms with Gasteiger partial charge in [0.1, 0.15) is 5.71 Å². The lowest BCUT2D eigenvalue weighted by Gasteiger charge is -2.24. The zero-order valence-electron chi connectivity index (χ0n) is 26.2. The van der Waals surface area contributed by atoms with Crippen molar-refractivity contribution in [3.05, 3.63) is 65.2 Å². The van der Waals surface area contributed by atoms with Crippen molar-refractivity contribution in [1.29, 1.82) is 0 Å². The summed E-state index contributed by atoms with van der Waals surface area (Å²) in [6.45, 7) is 13.1. The van der Waals surface area contributed by atoms with Crippen LogP contribution in [0.25, 0.3) is 0 Å². The third-order valence-corrected chi connectivity index (χ3v) is 8.62. The number of anilines is 1. The molecule has 2 heterocycles. The maximum atomic E-state index is 13.0. The predicted octanol–water partition coefficient (Wildman–Crippen LogP) is 3.08. The summed E-state index contributed by atoms with van der Waals surface area (Å²) in [6.07, 6.45) is 1.13. The van der Waals surface area contributed by atoms with E-state index in [9.17, 15) is 26.2 Å². The third kappa shape index (κ3) is 8.00. The van der Waals surface area contributed by atoms with Crippen molar-refractivity contribution in [2.24, 2.45) is 15.5 Å². The number of rotatable bonds is 11. The second kappa shape index (κ2) is 12.8. The first-order valence-corrected chi connectivity index (χ1v) is 17.5. The molecule has 4 rings (SSSR count). The highest BCUT2D eigenvalue weighted by Crippen LogP contribution is 2.31. The smallest absolute Gasteiger partial charge is 0.294 e. The highest BCUT2D eigenvalue weighted by molar-refractivity contribution is 7.88. The number of carbonyl (C=O) groups excluding carboxylic acids is 1. The van der Waals surface area contributed by atoms with Crippen LogP contribution in [-0.2, 0) is 20.1 Å². The Hall–Kier alpha value is -3.99. The van der Waals surface area contributed by atoms with E-state index in [0.29, 0.717) is 41.8 Å². The molecule has 1 unspecified atom stereocenters. The molecule has 45 heavy (non-hydrogen) atoms. The van der Waals surface area contributed by atoms with Crippen molar-refractivity contribution < 1.29 is 26.2 Å². The lowest BCUT2D eigenvalue weighted by atomic mass is 9.87. The number of hydrogen-bond donors (Lipinski definition) is 3. The lowest BCUT2D eigenvalue weighted by Crippen LogP contribution is -2.34. The molecule has 1 aliphatic rings. The van der Waals surface area contributed by atoms with Gasteiger partial charge >= 0.3 is 0 Å². The number of aryl methyl sites for hydroxylation is 1. The van der Waals surface area contributed by atoms with Gasteiger partial charge in [0.2, 0.25) is 15.8 Å². The second-order valence-electron chi connectivity index (χ2n) is 11.8. The SMILES string of the molecule is CCN(CCNS(C)(=O)=O)c1ccc(N=C2C(C(C)(C)C)=Nn3c2nnc3C(C)NC(=O)c2cccc(S(=O)(=O)O)c2)c(C)c1. The summed E-state index contributed by atoms with van der Waals surface area (Å²) in [5.41, 5.74) is 3.38. The van der Waals surface area contributed by atoms with E-state index in [2.05, 4.69) is 25.1 Å². The van der Waals surface area contributed by atoms with Crippen LogP contribution in [0.2, 0.25) is 0 Å². The van der Waals surface area contributed by atoms with Crippen molar-refractivity contribution in [2.45, 2.75) is 52.5 Å². The Balaban J connectivity index is 1.62. The minimum atomic E-state index is -4.47. The molecule has 0 saturated carbocycles. The molecule has 242 valence electrons. The standard InChI is InChI=1S/C29H38N8O6S2/c1-8-36(15-14-30-44(7,39)40)21-12-13-23(18(2)16-21)32-24-25(29(4,5)6)35-37-26(33-34-27(24)37)19(3)31-28(38)20-10-9-11-22(17-20)45(41,42)43/h9-13,16-17,19,30H,8,14-15H2,1-7H3,(H,31,38)(H,41,42,43). The number of fused-ring (bicyclic) bond motifs is 1. The van der Waals surface area contributed by atoms with E-state index in [-0.39, 0.29) is 17.0 Å². The van der Waals surface area contributed by atoms with Gasteiger partial charge in [0, 0.05) is 36.3 Å². The van der Waals surface area contributed by atoms with Gasteiger partial charge in [0.15, 0.2) is 5.82 Å². The Kier molecular flexibility index (Phi) is 9.63. The molecule has 3 N–H and O–H groups in total. The van der Waals surface area contributed by atoms with E-state index in [1.165, 1.54) is 18.2 Å². The Morgan fingerprint density at radius 2 is 1.82 bits per heavy atom. The monoisotopic (exact) mass is 658 g/mol. The first-order valence-electron chi connectivity index (χ1n) is 14.2. The zero-order chi connectivity index (χ0) is 33.3. The number of carbonyl (C=O) groups is 1. The van der Waals surface area contributed by atoms with Gasteiger partial charge in [-0.15, -0.1) is 10.2 Å². The number of nitrogens with one attached hydrogen (secondary N) is 2. The van der Waals surface area contributed by atoms with Gasteiger partial charge in [0.25, 0.3) is 16.0 Å². The van der Waals surface area contributed by atoms with Crippen LogP contribution in [0.1, 0.15) is 68.2 Å². The quantitative estimate of drug-likeness (QED) is 0.260. The minimum Gasteiger partial charge on any atom is -0.370 e. The summed E-state index contributed by atoms with van der Waals surface area (Å²) in [7, 11) is -7.75. The molecule has 1 aromatic heterocycles. The van der Waals surface area contributed by atoms with E-state index >= 15 is 0 Å². The van der Waals surface area contributed by atoms with Crippen LogP contribution in [0.5, 0.6) is 0 Å². The van der Waals surface area contributed by atoms with Crippen LogP contribution in [0.15, 0.2) is 57.5 Å². The highest BCUT2D eigenvalue weighted by Gasteiger charge is 2.36. The molecule has 0 fully saturated rings. The number of nitrogens with zero attached hydrogens (tertiary/aromatic N) is 6. The molecule has 0 spiro atoms.